The molecule has 1 aromatic heterocycles. The van der Waals surface area contributed by atoms with Crippen molar-refractivity contribution in [1.29, 1.82) is 0 Å². The van der Waals surface area contributed by atoms with E-state index in [1.807, 2.05) is 0 Å². The summed E-state index contributed by atoms with van der Waals surface area (Å²) in [4.78, 5) is 24.1. The van der Waals surface area contributed by atoms with Crippen molar-refractivity contribution in [2.24, 2.45) is 5.10 Å². The minimum Gasteiger partial charge on any atom is -0.289 e. The molecular weight excluding hydrogens is 300 g/mol. The highest BCUT2D eigenvalue weighted by Gasteiger charge is 2.28. The number of carbonyl (C=O) groups excluding carboxylic acids is 1. The predicted octanol–water partition coefficient (Wildman–Crippen LogP) is 2.30. The number of nitrogens with one attached hydrogen (secondary N) is 1. The molecule has 1 atom stereocenters. The first-order valence-electron chi connectivity index (χ1n) is 5.66. The quantitative estimate of drug-likeness (QED) is 0.523. The highest BCUT2D eigenvalue weighted by atomic mass is 32.2. The molecule has 20 heavy (non-hydrogen) atoms. The molecule has 0 saturated carbocycles. The van der Waals surface area contributed by atoms with Crippen LogP contribution in [0.5, 0.6) is 0 Å². The molecular formula is C11H12N4O3S2. The van der Waals surface area contributed by atoms with Gasteiger partial charge in [-0.2, -0.15) is 5.10 Å². The highest BCUT2D eigenvalue weighted by Crippen LogP contribution is 2.38. The van der Waals surface area contributed by atoms with Crippen LogP contribution in [0.3, 0.4) is 0 Å². The highest BCUT2D eigenvalue weighted by molar-refractivity contribution is 8.14. The second kappa shape index (κ2) is 6.06. The Morgan fingerprint density at radius 1 is 1.70 bits per heavy atom. The Morgan fingerprint density at radius 2 is 2.45 bits per heavy atom. The Labute approximate surface area is 123 Å². The summed E-state index contributed by atoms with van der Waals surface area (Å²) in [6.07, 6.45) is 1.62. The van der Waals surface area contributed by atoms with Crippen molar-refractivity contribution in [3.8, 4) is 0 Å². The molecule has 1 N–H and O–H groups in total. The maximum atomic E-state index is 11.5. The van der Waals surface area contributed by atoms with E-state index in [2.05, 4.69) is 17.1 Å². The fourth-order valence-corrected chi connectivity index (χ4v) is 3.55. The lowest BCUT2D eigenvalue weighted by molar-refractivity contribution is -0.380. The molecule has 7 nitrogen and oxygen atoms in total. The lowest BCUT2D eigenvalue weighted by Gasteiger charge is -2.17. The summed E-state index contributed by atoms with van der Waals surface area (Å²) in [6, 6.07) is 3.16. The van der Waals surface area contributed by atoms with Crippen LogP contribution in [0.25, 0.3) is 0 Å². The molecule has 1 amide bonds. The van der Waals surface area contributed by atoms with Crippen molar-refractivity contribution in [2.75, 3.05) is 6.54 Å². The summed E-state index contributed by atoms with van der Waals surface area (Å²) in [6.45, 7) is 5.43. The lowest BCUT2D eigenvalue weighted by atomic mass is 10.4. The average Bonchev–Trinajstić information content (AvgIpc) is 3.03. The van der Waals surface area contributed by atoms with E-state index in [-0.39, 0.29) is 16.3 Å². The molecule has 0 fully saturated rings. The SMILES string of the molecule is C=CCN(C(C)=O)C1=NNC(c2ccc([N+](=O)[O-])s2)S1. The number of nitrogens with zero attached hydrogens (tertiary/aromatic N) is 3. The minimum absolute atomic E-state index is 0.0883. The lowest BCUT2D eigenvalue weighted by Crippen LogP contribution is -2.32. The number of amides is 1. The number of hydrazone groups is 1. The average molecular weight is 312 g/mol. The minimum atomic E-state index is -0.421. The molecule has 0 aromatic carbocycles. The first-order chi connectivity index (χ1) is 9.52. The Hall–Kier alpha value is -1.87. The van der Waals surface area contributed by atoms with Gasteiger partial charge in [0.25, 0.3) is 0 Å². The van der Waals surface area contributed by atoms with Gasteiger partial charge >= 0.3 is 5.00 Å². The summed E-state index contributed by atoms with van der Waals surface area (Å²) in [5.74, 6) is -0.129. The molecule has 1 aliphatic heterocycles. The molecule has 0 spiro atoms. The van der Waals surface area contributed by atoms with Gasteiger partial charge in [-0.25, -0.2) is 0 Å². The zero-order chi connectivity index (χ0) is 14.7. The Kier molecular flexibility index (Phi) is 4.40. The van der Waals surface area contributed by atoms with E-state index in [9.17, 15) is 14.9 Å². The summed E-state index contributed by atoms with van der Waals surface area (Å²) in [7, 11) is 0. The fraction of sp³-hybridized carbons (Fsp3) is 0.273. The molecule has 1 aromatic rings. The summed E-state index contributed by atoms with van der Waals surface area (Å²) >= 11 is 2.44. The van der Waals surface area contributed by atoms with Crippen LogP contribution in [-0.2, 0) is 4.79 Å². The molecule has 0 saturated heterocycles. The molecule has 2 heterocycles. The Bertz CT molecular complexity index is 584. The van der Waals surface area contributed by atoms with Crippen molar-refractivity contribution in [1.82, 2.24) is 10.3 Å². The van der Waals surface area contributed by atoms with Crippen molar-refractivity contribution in [3.63, 3.8) is 0 Å². The summed E-state index contributed by atoms with van der Waals surface area (Å²) in [5.41, 5.74) is 2.88. The molecule has 106 valence electrons. The van der Waals surface area contributed by atoms with Crippen LogP contribution in [0.1, 0.15) is 17.2 Å². The second-order valence-corrected chi connectivity index (χ2v) is 6.04. The first-order valence-corrected chi connectivity index (χ1v) is 7.35. The van der Waals surface area contributed by atoms with Crippen LogP contribution in [0.2, 0.25) is 0 Å². The summed E-state index contributed by atoms with van der Waals surface area (Å²) < 4.78 is 0. The summed E-state index contributed by atoms with van der Waals surface area (Å²) in [5, 5.41) is 15.2. The molecule has 0 radical (unpaired) electrons. The zero-order valence-corrected chi connectivity index (χ0v) is 12.2. The topological polar surface area (TPSA) is 87.8 Å². The van der Waals surface area contributed by atoms with E-state index in [1.54, 1.807) is 12.1 Å². The van der Waals surface area contributed by atoms with Gasteiger partial charge in [0.15, 0.2) is 5.17 Å². The predicted molar refractivity (Wildman–Crippen MR) is 79.5 cm³/mol. The van der Waals surface area contributed by atoms with Crippen molar-refractivity contribution >= 4 is 39.2 Å². The molecule has 0 bridgehead atoms. The molecule has 9 heteroatoms. The van der Waals surface area contributed by atoms with Crippen molar-refractivity contribution < 1.29 is 9.72 Å². The third-order valence-electron chi connectivity index (χ3n) is 2.47. The van der Waals surface area contributed by atoms with E-state index in [0.29, 0.717) is 11.7 Å². The molecule has 1 unspecified atom stereocenters. The normalized spacial score (nSPS) is 17.2. The van der Waals surface area contributed by atoms with Gasteiger partial charge in [-0.05, 0) is 6.07 Å². The Balaban J connectivity index is 2.08. The zero-order valence-electron chi connectivity index (χ0n) is 10.6. The van der Waals surface area contributed by atoms with Crippen LogP contribution in [0.15, 0.2) is 29.9 Å². The van der Waals surface area contributed by atoms with Crippen molar-refractivity contribution in [2.45, 2.75) is 12.3 Å². The van der Waals surface area contributed by atoms with Crippen molar-refractivity contribution in [3.05, 3.63) is 39.8 Å². The second-order valence-electron chi connectivity index (χ2n) is 3.87. The van der Waals surface area contributed by atoms with Gasteiger partial charge in [0, 0.05) is 24.4 Å². The van der Waals surface area contributed by atoms with Gasteiger partial charge in [-0.15, -0.1) is 6.58 Å². The third kappa shape index (κ3) is 2.99. The number of amidine groups is 1. The number of carbonyl (C=O) groups is 1. The van der Waals surface area contributed by atoms with Gasteiger partial charge in [0.2, 0.25) is 5.91 Å². The maximum Gasteiger partial charge on any atom is 0.324 e. The van der Waals surface area contributed by atoms with E-state index in [4.69, 9.17) is 0 Å². The molecule has 2 rings (SSSR count). The standard InChI is InChI=1S/C11H12N4O3S2/c1-3-6-14(7(2)16)11-13-12-10(20-11)8-4-5-9(19-8)15(17)18/h3-5,10,12H,1,6H2,2H3. The van der Waals surface area contributed by atoms with Gasteiger partial charge in [0.1, 0.15) is 5.37 Å². The van der Waals surface area contributed by atoms with Gasteiger partial charge in [-0.1, -0.05) is 29.2 Å². The molecule has 1 aliphatic rings. The van der Waals surface area contributed by atoms with Gasteiger partial charge < -0.3 is 0 Å². The van der Waals surface area contributed by atoms with E-state index < -0.39 is 4.92 Å². The fourth-order valence-electron chi connectivity index (χ4n) is 1.57. The smallest absolute Gasteiger partial charge is 0.289 e. The molecule has 0 aliphatic carbocycles. The van der Waals surface area contributed by atoms with Crippen LogP contribution in [-0.4, -0.2) is 27.4 Å². The van der Waals surface area contributed by atoms with Gasteiger partial charge in [-0.3, -0.25) is 25.2 Å². The van der Waals surface area contributed by atoms with E-state index in [1.165, 1.54) is 29.7 Å². The number of rotatable bonds is 4. The Morgan fingerprint density at radius 3 is 3.00 bits per heavy atom. The first kappa shape index (κ1) is 14.5. The number of nitro groups is 1. The van der Waals surface area contributed by atoms with Crippen LogP contribution in [0.4, 0.5) is 5.00 Å². The number of thiophene rings is 1. The monoisotopic (exact) mass is 312 g/mol. The number of thioether (sulfide) groups is 1. The van der Waals surface area contributed by atoms with Crippen LogP contribution >= 0.6 is 23.1 Å². The van der Waals surface area contributed by atoms with E-state index in [0.717, 1.165) is 16.2 Å². The van der Waals surface area contributed by atoms with Crippen LogP contribution < -0.4 is 5.43 Å². The number of hydrogen-bond donors (Lipinski definition) is 1. The van der Waals surface area contributed by atoms with E-state index >= 15 is 0 Å². The van der Waals surface area contributed by atoms with Crippen LogP contribution in [0, 0.1) is 10.1 Å². The maximum absolute atomic E-state index is 11.5. The number of hydrogen-bond acceptors (Lipinski definition) is 7. The largest absolute Gasteiger partial charge is 0.324 e. The van der Waals surface area contributed by atoms with Gasteiger partial charge in [0.05, 0.1) is 4.92 Å². The third-order valence-corrected chi connectivity index (χ3v) is 4.84.